The highest BCUT2D eigenvalue weighted by atomic mass is 16.6. The second kappa shape index (κ2) is 5.51. The molecule has 0 amide bonds. The summed E-state index contributed by atoms with van der Waals surface area (Å²) in [7, 11) is 0. The highest BCUT2D eigenvalue weighted by Crippen LogP contribution is 2.05. The van der Waals surface area contributed by atoms with Gasteiger partial charge in [0.25, 0.3) is 0 Å². The van der Waals surface area contributed by atoms with Gasteiger partial charge < -0.3 is 9.94 Å². The van der Waals surface area contributed by atoms with Crippen molar-refractivity contribution in [3.05, 3.63) is 35.4 Å². The van der Waals surface area contributed by atoms with Gasteiger partial charge in [0, 0.05) is 0 Å². The largest absolute Gasteiger partial charge is 0.479 e. The van der Waals surface area contributed by atoms with Gasteiger partial charge in [-0.25, -0.2) is 4.79 Å². The molecule has 0 radical (unpaired) electrons. The van der Waals surface area contributed by atoms with Crippen molar-refractivity contribution in [1.82, 2.24) is 0 Å². The van der Waals surface area contributed by atoms with E-state index in [1.54, 1.807) is 31.2 Å². The third-order valence-corrected chi connectivity index (χ3v) is 1.82. The van der Waals surface area contributed by atoms with E-state index >= 15 is 0 Å². The lowest BCUT2D eigenvalue weighted by molar-refractivity contribution is -0.142. The minimum Gasteiger partial charge on any atom is -0.479 e. The molecule has 0 unspecified atom stereocenters. The molecular weight excluding hydrogens is 208 g/mol. The maximum absolute atomic E-state index is 10.2. The van der Waals surface area contributed by atoms with Crippen molar-refractivity contribution in [2.24, 2.45) is 5.16 Å². The molecule has 0 aliphatic carbocycles. The molecule has 0 heterocycles. The van der Waals surface area contributed by atoms with Crippen molar-refractivity contribution in [3.63, 3.8) is 0 Å². The molecular formula is C11H10N2O3. The van der Waals surface area contributed by atoms with Crippen LogP contribution in [0.2, 0.25) is 0 Å². The summed E-state index contributed by atoms with van der Waals surface area (Å²) in [6.45, 7) is 1.23. The Kier molecular flexibility index (Phi) is 4.04. The topological polar surface area (TPSA) is 82.7 Å². The van der Waals surface area contributed by atoms with Gasteiger partial charge in [-0.15, -0.1) is 0 Å². The van der Waals surface area contributed by atoms with Gasteiger partial charge in [-0.2, -0.15) is 5.26 Å². The lowest BCUT2D eigenvalue weighted by Crippen LogP contribution is -2.05. The molecule has 5 heteroatoms. The summed E-state index contributed by atoms with van der Waals surface area (Å²) in [6.07, 6.45) is 0. The number of rotatable bonds is 4. The minimum atomic E-state index is -1.07. The van der Waals surface area contributed by atoms with Crippen LogP contribution in [0.4, 0.5) is 0 Å². The summed E-state index contributed by atoms with van der Waals surface area (Å²) in [5, 5.41) is 20.6. The normalized spacial score (nSPS) is 10.6. The molecule has 0 saturated heterocycles. The molecule has 0 saturated carbocycles. The SMILES string of the molecule is C/C(=N/OCC(=O)O)c1ccc(C#N)cc1. The number of benzene rings is 1. The number of nitriles is 1. The van der Waals surface area contributed by atoms with E-state index in [9.17, 15) is 4.79 Å². The zero-order chi connectivity index (χ0) is 12.0. The third kappa shape index (κ3) is 3.42. The lowest BCUT2D eigenvalue weighted by Gasteiger charge is -2.00. The van der Waals surface area contributed by atoms with Crippen LogP contribution in [0, 0.1) is 11.3 Å². The van der Waals surface area contributed by atoms with E-state index in [1.165, 1.54) is 0 Å². The number of carbonyl (C=O) groups is 1. The molecule has 0 fully saturated rings. The Hall–Kier alpha value is -2.35. The van der Waals surface area contributed by atoms with Crippen LogP contribution in [0.1, 0.15) is 18.1 Å². The van der Waals surface area contributed by atoms with E-state index in [-0.39, 0.29) is 0 Å². The van der Waals surface area contributed by atoms with E-state index in [1.807, 2.05) is 6.07 Å². The van der Waals surface area contributed by atoms with Crippen molar-refractivity contribution >= 4 is 11.7 Å². The predicted octanol–water partition coefficient (Wildman–Crippen LogP) is 1.38. The average molecular weight is 218 g/mol. The summed E-state index contributed by atoms with van der Waals surface area (Å²) in [6, 6.07) is 8.77. The molecule has 1 rings (SSSR count). The lowest BCUT2D eigenvalue weighted by atomic mass is 10.1. The van der Waals surface area contributed by atoms with Gasteiger partial charge in [-0.05, 0) is 24.6 Å². The number of hydrogen-bond donors (Lipinski definition) is 1. The molecule has 1 N–H and O–H groups in total. The number of nitrogens with zero attached hydrogens (tertiary/aromatic N) is 2. The first-order chi connectivity index (χ1) is 7.63. The summed E-state index contributed by atoms with van der Waals surface area (Å²) in [5.41, 5.74) is 1.90. The Labute approximate surface area is 92.6 Å². The molecule has 0 aromatic heterocycles. The fraction of sp³-hybridized carbons (Fsp3) is 0.182. The second-order valence-corrected chi connectivity index (χ2v) is 3.03. The number of oxime groups is 1. The first-order valence-corrected chi connectivity index (χ1v) is 4.52. The number of aliphatic carboxylic acids is 1. The first-order valence-electron chi connectivity index (χ1n) is 4.52. The summed E-state index contributed by atoms with van der Waals surface area (Å²) >= 11 is 0. The van der Waals surface area contributed by atoms with Crippen molar-refractivity contribution in [2.45, 2.75) is 6.92 Å². The van der Waals surface area contributed by atoms with Crippen LogP contribution in [0.25, 0.3) is 0 Å². The van der Waals surface area contributed by atoms with Gasteiger partial charge in [0.2, 0.25) is 6.61 Å². The monoisotopic (exact) mass is 218 g/mol. The third-order valence-electron chi connectivity index (χ3n) is 1.82. The van der Waals surface area contributed by atoms with Crippen molar-refractivity contribution in [1.29, 1.82) is 5.26 Å². The zero-order valence-corrected chi connectivity index (χ0v) is 8.67. The van der Waals surface area contributed by atoms with Gasteiger partial charge in [0.05, 0.1) is 17.3 Å². The van der Waals surface area contributed by atoms with E-state index in [0.29, 0.717) is 11.3 Å². The highest BCUT2D eigenvalue weighted by molar-refractivity contribution is 5.98. The van der Waals surface area contributed by atoms with E-state index < -0.39 is 12.6 Å². The molecule has 0 spiro atoms. The Morgan fingerprint density at radius 1 is 1.50 bits per heavy atom. The van der Waals surface area contributed by atoms with Gasteiger partial charge >= 0.3 is 5.97 Å². The second-order valence-electron chi connectivity index (χ2n) is 3.03. The zero-order valence-electron chi connectivity index (χ0n) is 8.67. The van der Waals surface area contributed by atoms with Gasteiger partial charge in [0.15, 0.2) is 0 Å². The summed E-state index contributed by atoms with van der Waals surface area (Å²) in [4.78, 5) is 14.8. The van der Waals surface area contributed by atoms with Crippen molar-refractivity contribution in [2.75, 3.05) is 6.61 Å². The van der Waals surface area contributed by atoms with Crippen LogP contribution in [-0.4, -0.2) is 23.4 Å². The van der Waals surface area contributed by atoms with Gasteiger partial charge in [-0.3, -0.25) is 0 Å². The molecule has 1 aromatic rings. The minimum absolute atomic E-state index is 0.465. The van der Waals surface area contributed by atoms with Crippen LogP contribution in [0.15, 0.2) is 29.4 Å². The quantitative estimate of drug-likeness (QED) is 0.611. The van der Waals surface area contributed by atoms with Crippen LogP contribution in [0.3, 0.4) is 0 Å². The predicted molar refractivity (Wildman–Crippen MR) is 57.0 cm³/mol. The molecule has 0 aliphatic rings. The molecule has 1 aromatic carbocycles. The number of carboxylic acids is 1. The fourth-order valence-electron chi connectivity index (χ4n) is 1.02. The van der Waals surface area contributed by atoms with Crippen LogP contribution in [-0.2, 0) is 9.63 Å². The number of hydrogen-bond acceptors (Lipinski definition) is 4. The smallest absolute Gasteiger partial charge is 0.344 e. The van der Waals surface area contributed by atoms with Crippen molar-refractivity contribution in [3.8, 4) is 6.07 Å². The van der Waals surface area contributed by atoms with Crippen LogP contribution >= 0.6 is 0 Å². The maximum atomic E-state index is 10.2. The number of carboxylic acid groups (broad SMARTS) is 1. The average Bonchev–Trinajstić information content (AvgIpc) is 2.28. The van der Waals surface area contributed by atoms with E-state index in [4.69, 9.17) is 10.4 Å². The molecule has 16 heavy (non-hydrogen) atoms. The molecule has 0 aliphatic heterocycles. The standard InChI is InChI=1S/C11H10N2O3/c1-8(13-16-7-11(14)15)10-4-2-9(6-12)3-5-10/h2-5H,7H2,1H3,(H,14,15)/b13-8-. The summed E-state index contributed by atoms with van der Waals surface area (Å²) in [5.74, 6) is -1.07. The Morgan fingerprint density at radius 3 is 2.62 bits per heavy atom. The Morgan fingerprint density at radius 2 is 2.12 bits per heavy atom. The van der Waals surface area contributed by atoms with Gasteiger partial charge in [0.1, 0.15) is 0 Å². The molecule has 82 valence electrons. The van der Waals surface area contributed by atoms with Gasteiger partial charge in [-0.1, -0.05) is 17.3 Å². The first kappa shape index (κ1) is 11.7. The maximum Gasteiger partial charge on any atom is 0.344 e. The Balaban J connectivity index is 2.69. The molecule has 5 nitrogen and oxygen atoms in total. The molecule has 0 atom stereocenters. The summed E-state index contributed by atoms with van der Waals surface area (Å²) < 4.78 is 0. The molecule has 0 bridgehead atoms. The van der Waals surface area contributed by atoms with Crippen LogP contribution in [0.5, 0.6) is 0 Å². The van der Waals surface area contributed by atoms with Crippen molar-refractivity contribution < 1.29 is 14.7 Å². The van der Waals surface area contributed by atoms with E-state index in [2.05, 4.69) is 9.99 Å². The Bertz CT molecular complexity index is 443. The van der Waals surface area contributed by atoms with E-state index in [0.717, 1.165) is 5.56 Å². The fourth-order valence-corrected chi connectivity index (χ4v) is 1.02. The highest BCUT2D eigenvalue weighted by Gasteiger charge is 1.99. The van der Waals surface area contributed by atoms with Crippen LogP contribution < -0.4 is 0 Å².